The summed E-state index contributed by atoms with van der Waals surface area (Å²) in [6, 6.07) is 4.45. The monoisotopic (exact) mass is 308 g/mol. The molecule has 2 aromatic rings. The number of hydrogen-bond acceptors (Lipinski definition) is 4. The van der Waals surface area contributed by atoms with E-state index >= 15 is 0 Å². The Hall–Kier alpha value is -1.46. The van der Waals surface area contributed by atoms with Crippen LogP contribution in [0.4, 0.5) is 4.39 Å². The van der Waals surface area contributed by atoms with E-state index in [0.29, 0.717) is 17.9 Å². The fourth-order valence-electron chi connectivity index (χ4n) is 1.83. The molecular formula is C16H21FN2OS. The summed E-state index contributed by atoms with van der Waals surface area (Å²) in [7, 11) is 0. The first-order valence-electron chi connectivity index (χ1n) is 6.90. The molecule has 0 saturated carbocycles. The Bertz CT molecular complexity index is 617. The van der Waals surface area contributed by atoms with Crippen LogP contribution in [0.2, 0.25) is 0 Å². The molecule has 0 radical (unpaired) electrons. The fourth-order valence-corrected chi connectivity index (χ4v) is 2.77. The maximum Gasteiger partial charge on any atom is 0.140 e. The molecular weight excluding hydrogens is 287 g/mol. The van der Waals surface area contributed by atoms with Gasteiger partial charge >= 0.3 is 0 Å². The number of nitrogens with zero attached hydrogens (tertiary/aromatic N) is 1. The van der Waals surface area contributed by atoms with Crippen molar-refractivity contribution in [3.63, 3.8) is 0 Å². The number of halogens is 1. The minimum Gasteiger partial charge on any atom is -0.486 e. The van der Waals surface area contributed by atoms with Gasteiger partial charge in [-0.05, 0) is 13.0 Å². The first kappa shape index (κ1) is 15.9. The topological polar surface area (TPSA) is 48.1 Å². The Morgan fingerprint density at radius 2 is 2.10 bits per heavy atom. The Labute approximate surface area is 129 Å². The van der Waals surface area contributed by atoms with Crippen molar-refractivity contribution in [2.75, 3.05) is 0 Å². The maximum atomic E-state index is 13.8. The lowest BCUT2D eigenvalue weighted by atomic mass is 9.93. The van der Waals surface area contributed by atoms with Gasteiger partial charge in [-0.3, -0.25) is 0 Å². The van der Waals surface area contributed by atoms with Crippen LogP contribution in [0.5, 0.6) is 5.75 Å². The maximum absolute atomic E-state index is 13.8. The van der Waals surface area contributed by atoms with Gasteiger partial charge < -0.3 is 10.5 Å². The molecule has 0 aliphatic heterocycles. The average Bonchev–Trinajstić information content (AvgIpc) is 2.84. The largest absolute Gasteiger partial charge is 0.486 e. The molecule has 114 valence electrons. The summed E-state index contributed by atoms with van der Waals surface area (Å²) in [5, 5.41) is 2.93. The van der Waals surface area contributed by atoms with E-state index < -0.39 is 0 Å². The third kappa shape index (κ3) is 4.02. The molecule has 21 heavy (non-hydrogen) atoms. The zero-order valence-corrected chi connectivity index (χ0v) is 13.6. The highest BCUT2D eigenvalue weighted by Crippen LogP contribution is 2.25. The fraction of sp³-hybridized carbons (Fsp3) is 0.438. The molecule has 0 bridgehead atoms. The van der Waals surface area contributed by atoms with E-state index in [1.54, 1.807) is 30.4 Å². The Balaban J connectivity index is 2.03. The lowest BCUT2D eigenvalue weighted by Gasteiger charge is -2.14. The summed E-state index contributed by atoms with van der Waals surface area (Å²) in [5.41, 5.74) is 7.25. The zero-order chi connectivity index (χ0) is 15.6. The highest BCUT2D eigenvalue weighted by molar-refractivity contribution is 7.09. The summed E-state index contributed by atoms with van der Waals surface area (Å²) in [6.07, 6.45) is 0. The number of nitrogens with two attached hydrogens (primary N) is 1. The standard InChI is InChI=1S/C16H21FN2OS/c1-10(18)12-6-5-11(7-13(12)17)20-8-15-19-14(9-21-15)16(2,3)4/h5-7,9-10H,8,18H2,1-4H3/t10-/m1/s1. The van der Waals surface area contributed by atoms with Crippen molar-refractivity contribution in [2.45, 2.75) is 45.8 Å². The second kappa shape index (κ2) is 6.12. The highest BCUT2D eigenvalue weighted by atomic mass is 32.1. The minimum atomic E-state index is -0.336. The van der Waals surface area contributed by atoms with Crippen LogP contribution in [0.25, 0.3) is 0 Å². The van der Waals surface area contributed by atoms with Gasteiger partial charge in [0.1, 0.15) is 23.2 Å². The van der Waals surface area contributed by atoms with Gasteiger partial charge in [0.2, 0.25) is 0 Å². The van der Waals surface area contributed by atoms with Crippen LogP contribution in [-0.4, -0.2) is 4.98 Å². The quantitative estimate of drug-likeness (QED) is 0.922. The lowest BCUT2D eigenvalue weighted by Crippen LogP contribution is -2.11. The van der Waals surface area contributed by atoms with Crippen LogP contribution in [0.15, 0.2) is 23.6 Å². The minimum absolute atomic E-state index is 0.0276. The van der Waals surface area contributed by atoms with E-state index in [9.17, 15) is 4.39 Å². The van der Waals surface area contributed by atoms with Crippen molar-refractivity contribution in [3.8, 4) is 5.75 Å². The summed E-state index contributed by atoms with van der Waals surface area (Å²) in [5.74, 6) is 0.154. The Morgan fingerprint density at radius 3 is 2.62 bits per heavy atom. The van der Waals surface area contributed by atoms with Gasteiger partial charge in [0, 0.05) is 28.5 Å². The van der Waals surface area contributed by atoms with Crippen molar-refractivity contribution >= 4 is 11.3 Å². The predicted molar refractivity (Wildman–Crippen MR) is 84.1 cm³/mol. The van der Waals surface area contributed by atoms with Gasteiger partial charge in [-0.1, -0.05) is 26.8 Å². The molecule has 0 amide bonds. The average molecular weight is 308 g/mol. The number of thiazole rings is 1. The summed E-state index contributed by atoms with van der Waals surface area (Å²) < 4.78 is 19.4. The van der Waals surface area contributed by atoms with Gasteiger partial charge in [-0.15, -0.1) is 11.3 Å². The summed E-state index contributed by atoms with van der Waals surface area (Å²) >= 11 is 1.56. The van der Waals surface area contributed by atoms with E-state index in [2.05, 4.69) is 25.8 Å². The zero-order valence-electron chi connectivity index (χ0n) is 12.8. The molecule has 2 rings (SSSR count). The second-order valence-corrected chi connectivity index (χ2v) is 7.08. The van der Waals surface area contributed by atoms with Crippen LogP contribution in [0, 0.1) is 5.82 Å². The number of rotatable bonds is 4. The van der Waals surface area contributed by atoms with Gasteiger partial charge in [-0.2, -0.15) is 0 Å². The van der Waals surface area contributed by atoms with Gasteiger partial charge in [0.05, 0.1) is 5.69 Å². The third-order valence-electron chi connectivity index (χ3n) is 3.14. The first-order valence-corrected chi connectivity index (χ1v) is 7.78. The molecule has 1 aromatic carbocycles. The Kier molecular flexibility index (Phi) is 4.64. The van der Waals surface area contributed by atoms with E-state index in [4.69, 9.17) is 10.5 Å². The van der Waals surface area contributed by atoms with Crippen LogP contribution < -0.4 is 10.5 Å². The molecule has 1 aromatic heterocycles. The van der Waals surface area contributed by atoms with E-state index in [0.717, 1.165) is 10.7 Å². The van der Waals surface area contributed by atoms with E-state index in [1.165, 1.54) is 6.07 Å². The SMILES string of the molecule is C[C@@H](N)c1ccc(OCc2nc(C(C)(C)C)cs2)cc1F. The first-order chi connectivity index (χ1) is 9.77. The normalized spacial score (nSPS) is 13.2. The van der Waals surface area contributed by atoms with Crippen LogP contribution in [-0.2, 0) is 12.0 Å². The van der Waals surface area contributed by atoms with Crippen molar-refractivity contribution in [2.24, 2.45) is 5.73 Å². The number of hydrogen-bond donors (Lipinski definition) is 1. The molecule has 0 saturated heterocycles. The molecule has 0 fully saturated rings. The molecule has 5 heteroatoms. The van der Waals surface area contributed by atoms with Crippen LogP contribution in [0.3, 0.4) is 0 Å². The highest BCUT2D eigenvalue weighted by Gasteiger charge is 2.17. The molecule has 1 atom stereocenters. The second-order valence-electron chi connectivity index (χ2n) is 6.14. The Morgan fingerprint density at radius 1 is 1.38 bits per heavy atom. The van der Waals surface area contributed by atoms with Crippen molar-refractivity contribution in [1.29, 1.82) is 0 Å². The summed E-state index contributed by atoms with van der Waals surface area (Å²) in [6.45, 7) is 8.46. The molecule has 3 nitrogen and oxygen atoms in total. The van der Waals surface area contributed by atoms with Crippen LogP contribution >= 0.6 is 11.3 Å². The van der Waals surface area contributed by atoms with Gasteiger partial charge in [0.25, 0.3) is 0 Å². The van der Waals surface area contributed by atoms with Gasteiger partial charge in [-0.25, -0.2) is 9.37 Å². The molecule has 2 N–H and O–H groups in total. The molecule has 0 aliphatic carbocycles. The molecule has 0 spiro atoms. The number of benzene rings is 1. The molecule has 0 unspecified atom stereocenters. The van der Waals surface area contributed by atoms with E-state index in [-0.39, 0.29) is 17.3 Å². The van der Waals surface area contributed by atoms with Crippen molar-refractivity contribution < 1.29 is 9.13 Å². The number of ether oxygens (including phenoxy) is 1. The smallest absolute Gasteiger partial charge is 0.140 e. The van der Waals surface area contributed by atoms with Gasteiger partial charge in [0.15, 0.2) is 0 Å². The van der Waals surface area contributed by atoms with Crippen LogP contribution in [0.1, 0.15) is 50.0 Å². The molecule has 1 heterocycles. The third-order valence-corrected chi connectivity index (χ3v) is 3.97. The number of aromatic nitrogens is 1. The lowest BCUT2D eigenvalue weighted by molar-refractivity contribution is 0.303. The van der Waals surface area contributed by atoms with Crippen molar-refractivity contribution in [1.82, 2.24) is 4.98 Å². The van der Waals surface area contributed by atoms with E-state index in [1.807, 2.05) is 5.38 Å². The predicted octanol–water partition coefficient (Wildman–Crippen LogP) is 4.18. The summed E-state index contributed by atoms with van der Waals surface area (Å²) in [4.78, 5) is 4.54. The van der Waals surface area contributed by atoms with Crippen molar-refractivity contribution in [3.05, 3.63) is 45.7 Å². The molecule has 0 aliphatic rings.